The fraction of sp³-hybridized carbons (Fsp3) is 0.261. The van der Waals surface area contributed by atoms with Gasteiger partial charge < -0.3 is 9.88 Å². The number of carbonyl (C=O) groups is 1. The van der Waals surface area contributed by atoms with Crippen molar-refractivity contribution in [1.82, 2.24) is 24.1 Å². The van der Waals surface area contributed by atoms with E-state index >= 15 is 0 Å². The van der Waals surface area contributed by atoms with Gasteiger partial charge in [0, 0.05) is 36.6 Å². The first-order valence-corrected chi connectivity index (χ1v) is 11.1. The van der Waals surface area contributed by atoms with Gasteiger partial charge in [0.2, 0.25) is 5.91 Å². The number of rotatable bonds is 6. The van der Waals surface area contributed by atoms with Crippen LogP contribution >= 0.6 is 11.8 Å². The molecule has 3 heterocycles. The second-order valence-electron chi connectivity index (χ2n) is 7.67. The molecule has 0 saturated heterocycles. The number of benzene rings is 1. The molecule has 164 valence electrons. The molecule has 9 heteroatoms. The van der Waals surface area contributed by atoms with Gasteiger partial charge in [-0.15, -0.1) is 10.2 Å². The molecule has 0 radical (unpaired) electrons. The summed E-state index contributed by atoms with van der Waals surface area (Å²) >= 11 is 1.32. The van der Waals surface area contributed by atoms with Crippen LogP contribution in [-0.2, 0) is 18.3 Å². The van der Waals surface area contributed by atoms with Gasteiger partial charge in [-0.25, -0.2) is 4.98 Å². The van der Waals surface area contributed by atoms with Crippen LogP contribution in [0.15, 0.2) is 58.6 Å². The van der Waals surface area contributed by atoms with Crippen molar-refractivity contribution >= 4 is 29.0 Å². The Hall–Kier alpha value is -3.46. The van der Waals surface area contributed by atoms with E-state index in [-0.39, 0.29) is 16.7 Å². The van der Waals surface area contributed by atoms with Gasteiger partial charge in [0.15, 0.2) is 5.16 Å². The molecule has 3 aromatic heterocycles. The first-order valence-electron chi connectivity index (χ1n) is 10.2. The molecule has 0 unspecified atom stereocenters. The minimum atomic E-state index is -0.372. The van der Waals surface area contributed by atoms with E-state index in [1.807, 2.05) is 74.9 Å². The van der Waals surface area contributed by atoms with Crippen molar-refractivity contribution in [3.8, 4) is 0 Å². The maximum absolute atomic E-state index is 13.1. The number of anilines is 1. The number of pyridine rings is 1. The van der Waals surface area contributed by atoms with Gasteiger partial charge in [0.1, 0.15) is 11.5 Å². The van der Waals surface area contributed by atoms with E-state index in [1.54, 1.807) is 10.6 Å². The summed E-state index contributed by atoms with van der Waals surface area (Å²) in [5.74, 6) is 0.520. The number of amides is 1. The molecule has 1 atom stereocenters. The molecule has 0 aliphatic rings. The van der Waals surface area contributed by atoms with Crippen molar-refractivity contribution in [2.75, 3.05) is 5.32 Å². The lowest BCUT2D eigenvalue weighted by atomic mass is 10.1. The molecule has 0 aliphatic heterocycles. The van der Waals surface area contributed by atoms with Crippen LogP contribution in [0.5, 0.6) is 0 Å². The van der Waals surface area contributed by atoms with Crippen LogP contribution < -0.4 is 10.9 Å². The third-order valence-corrected chi connectivity index (χ3v) is 6.36. The lowest BCUT2D eigenvalue weighted by molar-refractivity contribution is -0.115. The highest BCUT2D eigenvalue weighted by atomic mass is 32.2. The number of fused-ring (bicyclic) bond motifs is 1. The third-order valence-electron chi connectivity index (χ3n) is 5.22. The number of nitrogens with one attached hydrogen (secondary N) is 1. The maximum Gasteiger partial charge on any atom is 0.261 e. The molecule has 4 rings (SSSR count). The summed E-state index contributed by atoms with van der Waals surface area (Å²) in [6.07, 6.45) is 2.10. The van der Waals surface area contributed by atoms with Crippen LogP contribution in [0.1, 0.15) is 29.6 Å². The molecule has 0 spiro atoms. The Balaban J connectivity index is 1.53. The first-order chi connectivity index (χ1) is 15.3. The molecule has 1 amide bonds. The zero-order valence-electron chi connectivity index (χ0n) is 18.4. The van der Waals surface area contributed by atoms with Crippen LogP contribution in [-0.4, -0.2) is 35.3 Å². The summed E-state index contributed by atoms with van der Waals surface area (Å²) in [6, 6.07) is 13.1. The van der Waals surface area contributed by atoms with Crippen LogP contribution in [0, 0.1) is 13.8 Å². The highest BCUT2D eigenvalue weighted by Crippen LogP contribution is 2.23. The first kappa shape index (κ1) is 21.8. The highest BCUT2D eigenvalue weighted by molar-refractivity contribution is 8.00. The van der Waals surface area contributed by atoms with Gasteiger partial charge in [0.25, 0.3) is 5.56 Å². The van der Waals surface area contributed by atoms with Crippen molar-refractivity contribution in [1.29, 1.82) is 0 Å². The molecule has 1 N–H and O–H groups in total. The number of hydrogen-bond acceptors (Lipinski definition) is 6. The minimum absolute atomic E-state index is 0.107. The summed E-state index contributed by atoms with van der Waals surface area (Å²) in [5, 5.41) is 11.6. The summed E-state index contributed by atoms with van der Waals surface area (Å²) < 4.78 is 3.39. The van der Waals surface area contributed by atoms with Gasteiger partial charge in [-0.3, -0.25) is 14.0 Å². The Morgan fingerprint density at radius 3 is 2.62 bits per heavy atom. The SMILES string of the molecule is Cc1ccc2nc(C)c(Cc3nnc(S[C@@H](C)C(=O)Nc4ccccc4)n3C)c(=O)n2c1. The highest BCUT2D eigenvalue weighted by Gasteiger charge is 2.20. The van der Waals surface area contributed by atoms with E-state index < -0.39 is 0 Å². The summed E-state index contributed by atoms with van der Waals surface area (Å²) in [7, 11) is 1.84. The van der Waals surface area contributed by atoms with Crippen molar-refractivity contribution in [3.05, 3.63) is 81.7 Å². The van der Waals surface area contributed by atoms with Gasteiger partial charge in [-0.1, -0.05) is 36.0 Å². The molecule has 0 fully saturated rings. The molecule has 1 aromatic carbocycles. The minimum Gasteiger partial charge on any atom is -0.325 e. The lowest BCUT2D eigenvalue weighted by Gasteiger charge is -2.12. The van der Waals surface area contributed by atoms with E-state index in [9.17, 15) is 9.59 Å². The molecular weight excluding hydrogens is 424 g/mol. The molecule has 0 saturated carbocycles. The quantitative estimate of drug-likeness (QED) is 0.456. The Morgan fingerprint density at radius 2 is 1.88 bits per heavy atom. The molecule has 0 aliphatic carbocycles. The standard InChI is InChI=1S/C23H24N6O2S/c1-14-10-11-19-24-15(2)18(22(31)29(19)13-14)12-20-26-27-23(28(20)4)32-16(3)21(30)25-17-8-6-5-7-9-17/h5-11,13,16H,12H2,1-4H3,(H,25,30)/t16-/m0/s1. The molecule has 0 bridgehead atoms. The Bertz CT molecular complexity index is 1350. The smallest absolute Gasteiger partial charge is 0.261 e. The predicted octanol–water partition coefficient (Wildman–Crippen LogP) is 3.15. The van der Waals surface area contributed by atoms with E-state index in [0.29, 0.717) is 34.3 Å². The Morgan fingerprint density at radius 1 is 1.12 bits per heavy atom. The van der Waals surface area contributed by atoms with Crippen molar-refractivity contribution in [3.63, 3.8) is 0 Å². The van der Waals surface area contributed by atoms with Gasteiger partial charge in [-0.2, -0.15) is 0 Å². The van der Waals surface area contributed by atoms with Crippen molar-refractivity contribution in [2.24, 2.45) is 7.05 Å². The number of hydrogen-bond donors (Lipinski definition) is 1. The van der Waals surface area contributed by atoms with E-state index in [2.05, 4.69) is 20.5 Å². The van der Waals surface area contributed by atoms with E-state index in [4.69, 9.17) is 0 Å². The number of aryl methyl sites for hydroxylation is 2. The van der Waals surface area contributed by atoms with E-state index in [1.165, 1.54) is 11.8 Å². The fourth-order valence-corrected chi connectivity index (χ4v) is 4.17. The zero-order chi connectivity index (χ0) is 22.8. The third kappa shape index (κ3) is 4.43. The molecule has 32 heavy (non-hydrogen) atoms. The normalized spacial score (nSPS) is 12.1. The largest absolute Gasteiger partial charge is 0.325 e. The monoisotopic (exact) mass is 448 g/mol. The average Bonchev–Trinajstić information content (AvgIpc) is 3.11. The summed E-state index contributed by atoms with van der Waals surface area (Å²) in [4.78, 5) is 30.2. The molecular formula is C23H24N6O2S. The Labute approximate surface area is 189 Å². The van der Waals surface area contributed by atoms with Crippen LogP contribution in [0.3, 0.4) is 0 Å². The van der Waals surface area contributed by atoms with Crippen LogP contribution in [0.4, 0.5) is 5.69 Å². The zero-order valence-corrected chi connectivity index (χ0v) is 19.2. The lowest BCUT2D eigenvalue weighted by Crippen LogP contribution is -2.23. The number of para-hydroxylation sites is 1. The molecule has 8 nitrogen and oxygen atoms in total. The van der Waals surface area contributed by atoms with Gasteiger partial charge in [0.05, 0.1) is 5.25 Å². The van der Waals surface area contributed by atoms with Gasteiger partial charge >= 0.3 is 0 Å². The average molecular weight is 449 g/mol. The van der Waals surface area contributed by atoms with Crippen molar-refractivity contribution < 1.29 is 4.79 Å². The summed E-state index contributed by atoms with van der Waals surface area (Å²) in [6.45, 7) is 5.59. The predicted molar refractivity (Wildman–Crippen MR) is 125 cm³/mol. The number of nitrogens with zero attached hydrogens (tertiary/aromatic N) is 5. The topological polar surface area (TPSA) is 94.2 Å². The van der Waals surface area contributed by atoms with Gasteiger partial charge in [-0.05, 0) is 44.5 Å². The van der Waals surface area contributed by atoms with Crippen LogP contribution in [0.25, 0.3) is 5.65 Å². The fourth-order valence-electron chi connectivity index (χ4n) is 3.33. The second-order valence-corrected chi connectivity index (χ2v) is 8.97. The Kier molecular flexibility index (Phi) is 6.09. The number of carbonyl (C=O) groups excluding carboxylic acids is 1. The molecule has 4 aromatic rings. The maximum atomic E-state index is 13.1. The number of thioether (sulfide) groups is 1. The summed E-state index contributed by atoms with van der Waals surface area (Å²) in [5.41, 5.74) is 3.50. The van der Waals surface area contributed by atoms with Crippen LogP contribution in [0.2, 0.25) is 0 Å². The van der Waals surface area contributed by atoms with Crippen molar-refractivity contribution in [2.45, 2.75) is 37.6 Å². The number of aromatic nitrogens is 5. The second kappa shape index (κ2) is 8.96. The van der Waals surface area contributed by atoms with E-state index in [0.717, 1.165) is 11.3 Å².